The molecule has 1 amide bonds. The van der Waals surface area contributed by atoms with Crippen molar-refractivity contribution < 1.29 is 22.0 Å². The highest BCUT2D eigenvalue weighted by atomic mass is 35.7. The Morgan fingerprint density at radius 1 is 1.35 bits per heavy atom. The molecule has 1 fully saturated rings. The van der Waals surface area contributed by atoms with Crippen molar-refractivity contribution in [2.24, 2.45) is 5.92 Å². The zero-order valence-electron chi connectivity index (χ0n) is 10.6. The van der Waals surface area contributed by atoms with Crippen LogP contribution in [-0.4, -0.2) is 26.6 Å². The van der Waals surface area contributed by atoms with Crippen LogP contribution < -0.4 is 4.90 Å². The van der Waals surface area contributed by atoms with Crippen LogP contribution in [0.25, 0.3) is 0 Å². The Hall–Kier alpha value is -1.21. The third-order valence-electron chi connectivity index (χ3n) is 3.16. The second-order valence-electron chi connectivity index (χ2n) is 4.83. The summed E-state index contributed by atoms with van der Waals surface area (Å²) in [5.41, 5.74) is -0.0367. The van der Waals surface area contributed by atoms with Gasteiger partial charge in [-0.05, 0) is 18.6 Å². The maximum absolute atomic E-state index is 13.8. The van der Waals surface area contributed by atoms with E-state index in [1.54, 1.807) is 0 Å². The summed E-state index contributed by atoms with van der Waals surface area (Å²) in [5, 5.41) is 0. The van der Waals surface area contributed by atoms with E-state index in [0.29, 0.717) is 0 Å². The molecule has 1 unspecified atom stereocenters. The van der Waals surface area contributed by atoms with Crippen molar-refractivity contribution >= 4 is 31.3 Å². The van der Waals surface area contributed by atoms with Gasteiger partial charge in [0, 0.05) is 35.6 Å². The third kappa shape index (κ3) is 3.27. The second-order valence-corrected chi connectivity index (χ2v) is 7.65. The first kappa shape index (κ1) is 15.2. The number of nitrogens with zero attached hydrogens (tertiary/aromatic N) is 1. The molecule has 1 saturated heterocycles. The number of benzene rings is 1. The Balaban J connectivity index is 2.26. The van der Waals surface area contributed by atoms with Crippen LogP contribution in [0.15, 0.2) is 12.1 Å². The lowest BCUT2D eigenvalue weighted by atomic mass is 10.1. The van der Waals surface area contributed by atoms with Crippen LogP contribution in [0.2, 0.25) is 0 Å². The summed E-state index contributed by atoms with van der Waals surface area (Å²) >= 11 is 0. The van der Waals surface area contributed by atoms with Crippen LogP contribution in [-0.2, 0) is 13.8 Å². The van der Waals surface area contributed by atoms with E-state index in [-0.39, 0.29) is 30.0 Å². The van der Waals surface area contributed by atoms with E-state index in [1.807, 2.05) is 0 Å². The SMILES string of the molecule is Cc1cc(F)c(N2CC(CS(=O)(=O)Cl)CC2=O)cc1F. The van der Waals surface area contributed by atoms with Gasteiger partial charge in [0.15, 0.2) is 0 Å². The largest absolute Gasteiger partial charge is 0.309 e. The van der Waals surface area contributed by atoms with Crippen molar-refractivity contribution in [3.05, 3.63) is 29.3 Å². The summed E-state index contributed by atoms with van der Waals surface area (Å²) < 4.78 is 49.3. The van der Waals surface area contributed by atoms with Gasteiger partial charge >= 0.3 is 0 Å². The van der Waals surface area contributed by atoms with Crippen LogP contribution >= 0.6 is 10.7 Å². The number of carbonyl (C=O) groups excluding carboxylic acids is 1. The number of hydrogen-bond donors (Lipinski definition) is 0. The first-order chi connectivity index (χ1) is 9.17. The van der Waals surface area contributed by atoms with Gasteiger partial charge in [0.1, 0.15) is 11.6 Å². The lowest BCUT2D eigenvalue weighted by Gasteiger charge is -2.18. The zero-order valence-corrected chi connectivity index (χ0v) is 12.1. The molecule has 0 aromatic heterocycles. The highest BCUT2D eigenvalue weighted by molar-refractivity contribution is 8.13. The van der Waals surface area contributed by atoms with Crippen molar-refractivity contribution in [3.63, 3.8) is 0 Å². The van der Waals surface area contributed by atoms with Crippen molar-refractivity contribution in [1.82, 2.24) is 0 Å². The lowest BCUT2D eigenvalue weighted by Crippen LogP contribution is -2.26. The highest BCUT2D eigenvalue weighted by Crippen LogP contribution is 2.30. The quantitative estimate of drug-likeness (QED) is 0.801. The molecule has 110 valence electrons. The minimum atomic E-state index is -3.74. The van der Waals surface area contributed by atoms with Gasteiger partial charge in [0.25, 0.3) is 0 Å². The second kappa shape index (κ2) is 5.29. The minimum absolute atomic E-state index is 0.00417. The van der Waals surface area contributed by atoms with E-state index in [1.165, 1.54) is 6.92 Å². The molecule has 0 aliphatic carbocycles. The predicted octanol–water partition coefficient (Wildman–Crippen LogP) is 2.19. The van der Waals surface area contributed by atoms with Crippen molar-refractivity contribution in [3.8, 4) is 0 Å². The fourth-order valence-electron chi connectivity index (χ4n) is 2.25. The van der Waals surface area contributed by atoms with Crippen LogP contribution in [0.1, 0.15) is 12.0 Å². The van der Waals surface area contributed by atoms with E-state index in [2.05, 4.69) is 0 Å². The molecule has 1 aliphatic heterocycles. The number of aryl methyl sites for hydroxylation is 1. The standard InChI is InChI=1S/C12H12ClF2NO3S/c1-7-2-10(15)11(4-9(7)14)16-5-8(3-12(16)17)6-20(13,18)19/h2,4,8H,3,5-6H2,1H3. The molecule has 1 aromatic rings. The number of rotatable bonds is 3. The lowest BCUT2D eigenvalue weighted by molar-refractivity contribution is -0.117. The van der Waals surface area contributed by atoms with E-state index in [4.69, 9.17) is 10.7 Å². The highest BCUT2D eigenvalue weighted by Gasteiger charge is 2.34. The van der Waals surface area contributed by atoms with Gasteiger partial charge in [-0.3, -0.25) is 4.79 Å². The number of carbonyl (C=O) groups is 1. The first-order valence-electron chi connectivity index (χ1n) is 5.85. The number of hydrogen-bond acceptors (Lipinski definition) is 3. The summed E-state index contributed by atoms with van der Waals surface area (Å²) in [4.78, 5) is 12.9. The normalized spacial score (nSPS) is 19.7. The molecule has 1 heterocycles. The Morgan fingerprint density at radius 3 is 2.60 bits per heavy atom. The number of anilines is 1. The summed E-state index contributed by atoms with van der Waals surface area (Å²) in [7, 11) is 1.40. The van der Waals surface area contributed by atoms with E-state index in [9.17, 15) is 22.0 Å². The summed E-state index contributed by atoms with van der Waals surface area (Å²) in [6.45, 7) is 1.42. The van der Waals surface area contributed by atoms with E-state index >= 15 is 0 Å². The number of amides is 1. The molecule has 4 nitrogen and oxygen atoms in total. The summed E-state index contributed by atoms with van der Waals surface area (Å²) in [5.74, 6) is -2.67. The molecule has 1 atom stereocenters. The summed E-state index contributed by atoms with van der Waals surface area (Å²) in [6.07, 6.45) is -0.0547. The topological polar surface area (TPSA) is 54.5 Å². The average Bonchev–Trinajstić information content (AvgIpc) is 2.62. The molecule has 20 heavy (non-hydrogen) atoms. The molecule has 8 heteroatoms. The van der Waals surface area contributed by atoms with E-state index in [0.717, 1.165) is 17.0 Å². The fraction of sp³-hybridized carbons (Fsp3) is 0.417. The fourth-order valence-corrected chi connectivity index (χ4v) is 3.57. The van der Waals surface area contributed by atoms with Gasteiger partial charge in [-0.25, -0.2) is 17.2 Å². The van der Waals surface area contributed by atoms with Crippen LogP contribution in [0.3, 0.4) is 0 Å². The van der Waals surface area contributed by atoms with Crippen molar-refractivity contribution in [2.45, 2.75) is 13.3 Å². The molecule has 0 saturated carbocycles. The Kier molecular flexibility index (Phi) is 4.02. The van der Waals surface area contributed by atoms with Crippen LogP contribution in [0.5, 0.6) is 0 Å². The van der Waals surface area contributed by atoms with Crippen LogP contribution in [0, 0.1) is 24.5 Å². The smallest absolute Gasteiger partial charge is 0.232 e. The predicted molar refractivity (Wildman–Crippen MR) is 71.2 cm³/mol. The van der Waals surface area contributed by atoms with Gasteiger partial charge in [0.05, 0.1) is 11.4 Å². The Morgan fingerprint density at radius 2 is 2.00 bits per heavy atom. The first-order valence-corrected chi connectivity index (χ1v) is 8.33. The third-order valence-corrected chi connectivity index (χ3v) is 4.41. The van der Waals surface area contributed by atoms with Crippen LogP contribution in [0.4, 0.5) is 14.5 Å². The number of halogens is 3. The molecule has 0 spiro atoms. The molecule has 1 aliphatic rings. The molecular formula is C12H12ClF2NO3S. The van der Waals surface area contributed by atoms with Gasteiger partial charge in [-0.1, -0.05) is 0 Å². The Bertz CT molecular complexity index is 663. The molecule has 0 radical (unpaired) electrons. The van der Waals surface area contributed by atoms with Crippen molar-refractivity contribution in [2.75, 3.05) is 17.2 Å². The Labute approximate surface area is 119 Å². The van der Waals surface area contributed by atoms with Gasteiger partial charge in [-0.15, -0.1) is 0 Å². The molecule has 1 aromatic carbocycles. The maximum atomic E-state index is 13.8. The zero-order chi connectivity index (χ0) is 15.1. The minimum Gasteiger partial charge on any atom is -0.309 e. The van der Waals surface area contributed by atoms with Crippen molar-refractivity contribution in [1.29, 1.82) is 0 Å². The van der Waals surface area contributed by atoms with E-state index < -0.39 is 32.5 Å². The maximum Gasteiger partial charge on any atom is 0.232 e. The molecule has 2 rings (SSSR count). The molecule has 0 N–H and O–H groups in total. The molecule has 0 bridgehead atoms. The monoisotopic (exact) mass is 323 g/mol. The molecular weight excluding hydrogens is 312 g/mol. The van der Waals surface area contributed by atoms with Gasteiger partial charge in [-0.2, -0.15) is 0 Å². The average molecular weight is 324 g/mol. The van der Waals surface area contributed by atoms with Gasteiger partial charge in [0.2, 0.25) is 15.0 Å². The summed E-state index contributed by atoms with van der Waals surface area (Å²) in [6, 6.07) is 1.95. The van der Waals surface area contributed by atoms with Gasteiger partial charge < -0.3 is 4.90 Å².